The number of aromatic nitrogens is 2. The van der Waals surface area contributed by atoms with E-state index in [0.717, 1.165) is 12.2 Å². The molecular weight excluding hydrogens is 352 g/mol. The average molecular weight is 374 g/mol. The Morgan fingerprint density at radius 1 is 1.14 bits per heavy atom. The topological polar surface area (TPSA) is 67.3 Å². The number of methoxy groups -OCH3 is 1. The number of carbonyl (C=O) groups is 1. The molecule has 0 amide bonds. The summed E-state index contributed by atoms with van der Waals surface area (Å²) in [4.78, 5) is 23.5. The number of ether oxygens (including phenoxy) is 1. The van der Waals surface area contributed by atoms with E-state index < -0.39 is 5.97 Å². The second-order valence-corrected chi connectivity index (χ2v) is 6.87. The van der Waals surface area contributed by atoms with E-state index in [0.29, 0.717) is 28.9 Å². The third kappa shape index (κ3) is 3.29. The first kappa shape index (κ1) is 18.0. The van der Waals surface area contributed by atoms with Crippen molar-refractivity contribution in [2.45, 2.75) is 26.3 Å². The fourth-order valence-corrected chi connectivity index (χ4v) is 3.67. The molecule has 1 atom stereocenters. The minimum Gasteiger partial charge on any atom is -0.465 e. The number of hydrogen-bond donors (Lipinski definition) is 1. The van der Waals surface area contributed by atoms with Gasteiger partial charge in [0.25, 0.3) is 0 Å². The van der Waals surface area contributed by atoms with Crippen LogP contribution in [0.3, 0.4) is 0 Å². The van der Waals surface area contributed by atoms with E-state index >= 15 is 0 Å². The minimum absolute atomic E-state index is 0.307. The Bertz CT molecular complexity index is 1030. The Balaban J connectivity index is 1.71. The number of anilines is 4. The molecule has 0 radical (unpaired) electrons. The Hall–Kier alpha value is -3.41. The summed E-state index contributed by atoms with van der Waals surface area (Å²) in [5, 5.41) is 3.25. The van der Waals surface area contributed by atoms with Gasteiger partial charge in [0.15, 0.2) is 0 Å². The number of fused-ring (bicyclic) bond motifs is 1. The normalized spacial score (nSPS) is 15.2. The summed E-state index contributed by atoms with van der Waals surface area (Å²) >= 11 is 0. The summed E-state index contributed by atoms with van der Waals surface area (Å²) in [6, 6.07) is 17.8. The molecule has 0 saturated heterocycles. The quantitative estimate of drug-likeness (QED) is 0.683. The van der Waals surface area contributed by atoms with E-state index in [2.05, 4.69) is 45.3 Å². The standard InChI is InChI=1S/C22H22N4O2/c1-14-12-16-8-4-7-11-19(16)26(14)21-13-20(23-15(2)24-21)25-18-10-6-5-9-17(18)22(27)28-3/h4-11,13-14H,12H2,1-3H3,(H,23,24,25). The van der Waals surface area contributed by atoms with E-state index in [-0.39, 0.29) is 0 Å². The molecule has 2 heterocycles. The molecule has 0 spiro atoms. The van der Waals surface area contributed by atoms with E-state index in [9.17, 15) is 4.79 Å². The molecular formula is C22H22N4O2. The van der Waals surface area contributed by atoms with Gasteiger partial charge in [-0.05, 0) is 44.0 Å². The van der Waals surface area contributed by atoms with Gasteiger partial charge in [0.2, 0.25) is 0 Å². The van der Waals surface area contributed by atoms with Crippen molar-refractivity contribution < 1.29 is 9.53 Å². The Morgan fingerprint density at radius 3 is 2.71 bits per heavy atom. The first-order chi connectivity index (χ1) is 13.6. The molecule has 0 saturated carbocycles. The molecule has 6 nitrogen and oxygen atoms in total. The number of rotatable bonds is 4. The predicted octanol–water partition coefficient (Wildman–Crippen LogP) is 4.40. The summed E-state index contributed by atoms with van der Waals surface area (Å²) in [5.41, 5.74) is 3.60. The molecule has 0 bridgehead atoms. The van der Waals surface area contributed by atoms with Crippen LogP contribution in [0.25, 0.3) is 0 Å². The zero-order valence-electron chi connectivity index (χ0n) is 16.1. The maximum Gasteiger partial charge on any atom is 0.339 e. The Morgan fingerprint density at radius 2 is 1.89 bits per heavy atom. The Labute approximate surface area is 164 Å². The third-order valence-electron chi connectivity index (χ3n) is 4.87. The second-order valence-electron chi connectivity index (χ2n) is 6.87. The van der Waals surface area contributed by atoms with Crippen molar-refractivity contribution in [1.29, 1.82) is 0 Å². The molecule has 6 heteroatoms. The number of nitrogens with one attached hydrogen (secondary N) is 1. The average Bonchev–Trinajstić information content (AvgIpc) is 3.03. The summed E-state index contributed by atoms with van der Waals surface area (Å²) in [6.07, 6.45) is 0.979. The van der Waals surface area contributed by atoms with Gasteiger partial charge in [0.1, 0.15) is 17.5 Å². The summed E-state index contributed by atoms with van der Waals surface area (Å²) in [5.74, 6) is 1.74. The molecule has 28 heavy (non-hydrogen) atoms. The van der Waals surface area contributed by atoms with Gasteiger partial charge in [-0.15, -0.1) is 0 Å². The highest BCUT2D eigenvalue weighted by Gasteiger charge is 2.28. The van der Waals surface area contributed by atoms with Crippen LogP contribution in [0.5, 0.6) is 0 Å². The summed E-state index contributed by atoms with van der Waals surface area (Å²) in [6.45, 7) is 4.06. The molecule has 142 valence electrons. The number of aryl methyl sites for hydroxylation is 1. The first-order valence-corrected chi connectivity index (χ1v) is 9.24. The number of carbonyl (C=O) groups excluding carboxylic acids is 1. The van der Waals surface area contributed by atoms with E-state index in [1.807, 2.05) is 31.2 Å². The smallest absolute Gasteiger partial charge is 0.339 e. The highest BCUT2D eigenvalue weighted by Crippen LogP contribution is 2.38. The first-order valence-electron chi connectivity index (χ1n) is 9.24. The fraction of sp³-hybridized carbons (Fsp3) is 0.227. The van der Waals surface area contributed by atoms with Crippen LogP contribution in [0.4, 0.5) is 23.0 Å². The van der Waals surface area contributed by atoms with Crippen LogP contribution in [-0.4, -0.2) is 29.1 Å². The van der Waals surface area contributed by atoms with Crippen LogP contribution < -0.4 is 10.2 Å². The second kappa shape index (κ2) is 7.31. The summed E-state index contributed by atoms with van der Waals surface area (Å²) < 4.78 is 4.88. The minimum atomic E-state index is -0.392. The van der Waals surface area contributed by atoms with Gasteiger partial charge < -0.3 is 15.0 Å². The van der Waals surface area contributed by atoms with Crippen molar-refractivity contribution in [1.82, 2.24) is 9.97 Å². The lowest BCUT2D eigenvalue weighted by molar-refractivity contribution is 0.0602. The van der Waals surface area contributed by atoms with Crippen LogP contribution >= 0.6 is 0 Å². The predicted molar refractivity (Wildman–Crippen MR) is 110 cm³/mol. The molecule has 3 aromatic rings. The lowest BCUT2D eigenvalue weighted by Gasteiger charge is -2.24. The molecule has 2 aromatic carbocycles. The molecule has 0 aliphatic carbocycles. The van der Waals surface area contributed by atoms with Crippen LogP contribution in [0, 0.1) is 6.92 Å². The van der Waals surface area contributed by atoms with Gasteiger partial charge in [0.05, 0.1) is 18.4 Å². The number of hydrogen-bond acceptors (Lipinski definition) is 6. The van der Waals surface area contributed by atoms with Crippen molar-refractivity contribution >= 4 is 29.0 Å². The van der Waals surface area contributed by atoms with Gasteiger partial charge in [-0.3, -0.25) is 0 Å². The van der Waals surface area contributed by atoms with Crippen molar-refractivity contribution in [2.75, 3.05) is 17.3 Å². The highest BCUT2D eigenvalue weighted by atomic mass is 16.5. The maximum absolute atomic E-state index is 12.0. The maximum atomic E-state index is 12.0. The number of benzene rings is 2. The Kier molecular flexibility index (Phi) is 4.69. The van der Waals surface area contributed by atoms with Gasteiger partial charge >= 0.3 is 5.97 Å². The number of para-hydroxylation sites is 2. The van der Waals surface area contributed by atoms with Crippen LogP contribution in [-0.2, 0) is 11.2 Å². The molecule has 4 rings (SSSR count). The highest BCUT2D eigenvalue weighted by molar-refractivity contribution is 5.96. The van der Waals surface area contributed by atoms with Gasteiger partial charge in [0, 0.05) is 17.8 Å². The third-order valence-corrected chi connectivity index (χ3v) is 4.87. The molecule has 1 N–H and O–H groups in total. The molecule has 1 aromatic heterocycles. The van der Waals surface area contributed by atoms with E-state index in [4.69, 9.17) is 4.74 Å². The SMILES string of the molecule is COC(=O)c1ccccc1Nc1cc(N2c3ccccc3CC2C)nc(C)n1. The monoisotopic (exact) mass is 374 g/mol. The zero-order valence-corrected chi connectivity index (χ0v) is 16.1. The van der Waals surface area contributed by atoms with E-state index in [1.54, 1.807) is 12.1 Å². The van der Waals surface area contributed by atoms with Gasteiger partial charge in [-0.2, -0.15) is 0 Å². The summed E-state index contributed by atoms with van der Waals surface area (Å²) in [7, 11) is 1.37. The molecule has 1 aliphatic rings. The van der Waals surface area contributed by atoms with Crippen molar-refractivity contribution in [3.63, 3.8) is 0 Å². The van der Waals surface area contributed by atoms with Crippen LogP contribution in [0.2, 0.25) is 0 Å². The molecule has 1 aliphatic heterocycles. The lowest BCUT2D eigenvalue weighted by atomic mass is 10.1. The molecule has 0 fully saturated rings. The van der Waals surface area contributed by atoms with Crippen LogP contribution in [0.1, 0.15) is 28.7 Å². The van der Waals surface area contributed by atoms with Crippen molar-refractivity contribution in [2.24, 2.45) is 0 Å². The number of esters is 1. The zero-order chi connectivity index (χ0) is 19.7. The molecule has 1 unspecified atom stereocenters. The fourth-order valence-electron chi connectivity index (χ4n) is 3.67. The van der Waals surface area contributed by atoms with Crippen LogP contribution in [0.15, 0.2) is 54.6 Å². The van der Waals surface area contributed by atoms with Gasteiger partial charge in [-0.25, -0.2) is 14.8 Å². The van der Waals surface area contributed by atoms with E-state index in [1.165, 1.54) is 18.4 Å². The lowest BCUT2D eigenvalue weighted by Crippen LogP contribution is -2.25. The van der Waals surface area contributed by atoms with Crippen molar-refractivity contribution in [3.05, 3.63) is 71.5 Å². The largest absolute Gasteiger partial charge is 0.465 e. The van der Waals surface area contributed by atoms with Crippen molar-refractivity contribution in [3.8, 4) is 0 Å². The number of nitrogens with zero attached hydrogens (tertiary/aromatic N) is 3. The van der Waals surface area contributed by atoms with Gasteiger partial charge in [-0.1, -0.05) is 30.3 Å².